The Bertz CT molecular complexity index is 870. The summed E-state index contributed by atoms with van der Waals surface area (Å²) in [5, 5.41) is 9.22. The lowest BCUT2D eigenvalue weighted by Crippen LogP contribution is -2.39. The van der Waals surface area contributed by atoms with Crippen molar-refractivity contribution in [3.05, 3.63) is 64.2 Å². The van der Waals surface area contributed by atoms with Crippen molar-refractivity contribution in [3.8, 4) is 5.75 Å². The third kappa shape index (κ3) is 4.67. The number of benzene rings is 2. The quantitative estimate of drug-likeness (QED) is 0.671. The number of aliphatic carboxylic acids is 1. The molecule has 0 spiro atoms. The van der Waals surface area contributed by atoms with Crippen LogP contribution < -0.4 is 4.74 Å². The average Bonchev–Trinajstić information content (AvgIpc) is 3.13. The van der Waals surface area contributed by atoms with Crippen LogP contribution in [0.15, 0.2) is 42.5 Å². The first-order valence-electron chi connectivity index (χ1n) is 9.30. The molecule has 29 heavy (non-hydrogen) atoms. The van der Waals surface area contributed by atoms with Crippen LogP contribution >= 0.6 is 11.6 Å². The summed E-state index contributed by atoms with van der Waals surface area (Å²) in [7, 11) is 0. The molecular weight excluding hydrogens is 407 g/mol. The Kier molecular flexibility index (Phi) is 6.39. The molecule has 1 aliphatic rings. The number of carboxylic acids is 1. The molecule has 4 nitrogen and oxygen atoms in total. The van der Waals surface area contributed by atoms with Crippen LogP contribution in [0.1, 0.15) is 42.5 Å². The van der Waals surface area contributed by atoms with E-state index in [1.165, 1.54) is 12.1 Å². The van der Waals surface area contributed by atoms with Crippen LogP contribution in [0, 0.1) is 0 Å². The standard InChI is InChI=1S/C21H21ClF3NO3/c1-2-29-15-8-5-13(6-9-15)19(26-11-3-4-18(26)20(27)28)14-7-10-17(22)16(12-14)21(23,24)25/h5-10,12,18-19H,2-4,11H2,1H3,(H,27,28). The van der Waals surface area contributed by atoms with Crippen molar-refractivity contribution in [1.82, 2.24) is 4.90 Å². The molecule has 2 aromatic carbocycles. The summed E-state index contributed by atoms with van der Waals surface area (Å²) in [6, 6.07) is 9.33. The van der Waals surface area contributed by atoms with E-state index in [9.17, 15) is 23.1 Å². The summed E-state index contributed by atoms with van der Waals surface area (Å²) in [6.07, 6.45) is -3.50. The highest BCUT2D eigenvalue weighted by Crippen LogP contribution is 2.40. The fourth-order valence-corrected chi connectivity index (χ4v) is 4.01. The zero-order chi connectivity index (χ0) is 21.2. The van der Waals surface area contributed by atoms with Crippen molar-refractivity contribution < 1.29 is 27.8 Å². The van der Waals surface area contributed by atoms with Crippen molar-refractivity contribution in [3.63, 3.8) is 0 Å². The summed E-state index contributed by atoms with van der Waals surface area (Å²) in [6.45, 7) is 2.81. The summed E-state index contributed by atoms with van der Waals surface area (Å²) in [5.74, 6) is -0.346. The van der Waals surface area contributed by atoms with E-state index in [4.69, 9.17) is 16.3 Å². The fraction of sp³-hybridized carbons (Fsp3) is 0.381. The molecule has 0 saturated carbocycles. The molecule has 3 rings (SSSR count). The molecule has 1 heterocycles. The zero-order valence-corrected chi connectivity index (χ0v) is 16.5. The van der Waals surface area contributed by atoms with Gasteiger partial charge < -0.3 is 9.84 Å². The van der Waals surface area contributed by atoms with Gasteiger partial charge in [-0.25, -0.2) is 0 Å². The Labute approximate surface area is 171 Å². The molecular formula is C21H21ClF3NO3. The van der Waals surface area contributed by atoms with Gasteiger partial charge in [0.15, 0.2) is 0 Å². The lowest BCUT2D eigenvalue weighted by Gasteiger charge is -2.32. The molecule has 0 radical (unpaired) electrons. The van der Waals surface area contributed by atoms with Gasteiger partial charge in [-0.2, -0.15) is 13.2 Å². The van der Waals surface area contributed by atoms with Gasteiger partial charge in [0.1, 0.15) is 11.8 Å². The molecule has 1 saturated heterocycles. The molecule has 1 aliphatic heterocycles. The monoisotopic (exact) mass is 427 g/mol. The van der Waals surface area contributed by atoms with Crippen molar-refractivity contribution in [2.24, 2.45) is 0 Å². The number of hydrogen-bond acceptors (Lipinski definition) is 3. The second-order valence-corrected chi connectivity index (χ2v) is 7.28. The Morgan fingerprint density at radius 2 is 1.90 bits per heavy atom. The Morgan fingerprint density at radius 3 is 2.48 bits per heavy atom. The number of likely N-dealkylation sites (tertiary alicyclic amines) is 1. The van der Waals surface area contributed by atoms with E-state index in [1.807, 2.05) is 6.92 Å². The maximum atomic E-state index is 13.4. The van der Waals surface area contributed by atoms with Gasteiger partial charge in [0.25, 0.3) is 0 Å². The number of ether oxygens (including phenoxy) is 1. The van der Waals surface area contributed by atoms with Crippen LogP contribution in [-0.2, 0) is 11.0 Å². The summed E-state index contributed by atoms with van der Waals surface area (Å²) in [5.41, 5.74) is 0.106. The topological polar surface area (TPSA) is 49.8 Å². The number of hydrogen-bond donors (Lipinski definition) is 1. The van der Waals surface area contributed by atoms with Gasteiger partial charge in [-0.1, -0.05) is 29.8 Å². The maximum absolute atomic E-state index is 13.4. The summed E-state index contributed by atoms with van der Waals surface area (Å²) >= 11 is 5.78. The SMILES string of the molecule is CCOc1ccc(C(c2ccc(Cl)c(C(F)(F)F)c2)N2CCCC2C(=O)O)cc1. The molecule has 2 aromatic rings. The Balaban J connectivity index is 2.09. The number of nitrogens with zero attached hydrogens (tertiary/aromatic N) is 1. The number of carboxylic acid groups (broad SMARTS) is 1. The van der Waals surface area contributed by atoms with Crippen molar-refractivity contribution in [2.45, 2.75) is 38.0 Å². The first kappa shape index (κ1) is 21.5. The third-order valence-corrected chi connectivity index (χ3v) is 5.36. The van der Waals surface area contributed by atoms with Gasteiger partial charge in [-0.15, -0.1) is 0 Å². The van der Waals surface area contributed by atoms with Crippen LogP contribution in [0.25, 0.3) is 0 Å². The van der Waals surface area contributed by atoms with Gasteiger partial charge in [-0.05, 0) is 55.2 Å². The first-order chi connectivity index (χ1) is 13.7. The maximum Gasteiger partial charge on any atom is 0.417 e. The minimum absolute atomic E-state index is 0.346. The van der Waals surface area contributed by atoms with Crippen LogP contribution in [-0.4, -0.2) is 35.2 Å². The minimum atomic E-state index is -4.60. The highest BCUT2D eigenvalue weighted by Gasteiger charge is 2.39. The van der Waals surface area contributed by atoms with E-state index < -0.39 is 29.8 Å². The molecule has 1 N–H and O–H groups in total. The molecule has 156 valence electrons. The molecule has 1 fully saturated rings. The van der Waals surface area contributed by atoms with Crippen molar-refractivity contribution >= 4 is 17.6 Å². The Morgan fingerprint density at radius 1 is 1.24 bits per heavy atom. The smallest absolute Gasteiger partial charge is 0.417 e. The van der Waals surface area contributed by atoms with E-state index in [1.54, 1.807) is 29.2 Å². The van der Waals surface area contributed by atoms with Gasteiger partial charge in [0, 0.05) is 6.54 Å². The van der Waals surface area contributed by atoms with E-state index in [0.717, 1.165) is 6.07 Å². The van der Waals surface area contributed by atoms with E-state index >= 15 is 0 Å². The van der Waals surface area contributed by atoms with E-state index in [0.29, 0.717) is 42.9 Å². The largest absolute Gasteiger partial charge is 0.494 e. The van der Waals surface area contributed by atoms with Gasteiger partial charge in [0.2, 0.25) is 0 Å². The van der Waals surface area contributed by atoms with Gasteiger partial charge in [0.05, 0.1) is 23.2 Å². The molecule has 2 unspecified atom stereocenters. The predicted molar refractivity (Wildman–Crippen MR) is 103 cm³/mol. The number of rotatable bonds is 6. The number of alkyl halides is 3. The summed E-state index contributed by atoms with van der Waals surface area (Å²) in [4.78, 5) is 13.5. The Hall–Kier alpha value is -2.25. The van der Waals surface area contributed by atoms with Gasteiger partial charge >= 0.3 is 12.1 Å². The zero-order valence-electron chi connectivity index (χ0n) is 15.7. The van der Waals surface area contributed by atoms with Crippen molar-refractivity contribution in [2.75, 3.05) is 13.2 Å². The van der Waals surface area contributed by atoms with Crippen LogP contribution in [0.3, 0.4) is 0 Å². The van der Waals surface area contributed by atoms with Crippen LogP contribution in [0.5, 0.6) is 5.75 Å². The first-order valence-corrected chi connectivity index (χ1v) is 9.68. The molecule has 8 heteroatoms. The van der Waals surface area contributed by atoms with Crippen LogP contribution in [0.2, 0.25) is 5.02 Å². The molecule has 0 aliphatic carbocycles. The lowest BCUT2D eigenvalue weighted by molar-refractivity contribution is -0.143. The molecule has 0 aromatic heterocycles. The average molecular weight is 428 g/mol. The lowest BCUT2D eigenvalue weighted by atomic mass is 9.94. The van der Waals surface area contributed by atoms with Crippen LogP contribution in [0.4, 0.5) is 13.2 Å². The van der Waals surface area contributed by atoms with E-state index in [2.05, 4.69) is 0 Å². The highest BCUT2D eigenvalue weighted by molar-refractivity contribution is 6.31. The van der Waals surface area contributed by atoms with Gasteiger partial charge in [-0.3, -0.25) is 9.69 Å². The summed E-state index contributed by atoms with van der Waals surface area (Å²) < 4.78 is 45.7. The van der Waals surface area contributed by atoms with E-state index in [-0.39, 0.29) is 5.02 Å². The predicted octanol–water partition coefficient (Wildman–Crippen LogP) is 5.40. The fourth-order valence-electron chi connectivity index (χ4n) is 3.78. The normalized spacial score (nSPS) is 18.6. The third-order valence-electron chi connectivity index (χ3n) is 5.03. The van der Waals surface area contributed by atoms with Crippen molar-refractivity contribution in [1.29, 1.82) is 0 Å². The second kappa shape index (κ2) is 8.63. The number of halogens is 4. The molecule has 2 atom stereocenters. The molecule has 0 bridgehead atoms. The number of carbonyl (C=O) groups is 1. The molecule has 0 amide bonds. The minimum Gasteiger partial charge on any atom is -0.494 e. The second-order valence-electron chi connectivity index (χ2n) is 6.88. The highest BCUT2D eigenvalue weighted by atomic mass is 35.5.